The summed E-state index contributed by atoms with van der Waals surface area (Å²) in [4.78, 5) is 0. The van der Waals surface area contributed by atoms with Crippen molar-refractivity contribution in [3.63, 3.8) is 0 Å². The summed E-state index contributed by atoms with van der Waals surface area (Å²) in [5.74, 6) is 0. The van der Waals surface area contributed by atoms with Gasteiger partial charge in [0.2, 0.25) is 5.03 Å². The van der Waals surface area contributed by atoms with Crippen molar-refractivity contribution in [1.29, 1.82) is 0 Å². The molecule has 108 valence electrons. The lowest BCUT2D eigenvalue weighted by Crippen LogP contribution is -2.41. The molecule has 2 rings (SSSR count). The fourth-order valence-electron chi connectivity index (χ4n) is 2.27. The number of hydrogen-bond acceptors (Lipinski definition) is 5. The molecule has 1 N–H and O–H groups in total. The van der Waals surface area contributed by atoms with Crippen LogP contribution in [0.25, 0.3) is 0 Å². The maximum atomic E-state index is 12.6. The molecule has 1 unspecified atom stereocenters. The fourth-order valence-corrected chi connectivity index (χ4v) is 4.80. The number of nitrogens with one attached hydrogen (secondary N) is 1. The highest BCUT2D eigenvalue weighted by atomic mass is 79.9. The molecule has 7 nitrogen and oxygen atoms in total. The van der Waals surface area contributed by atoms with E-state index in [1.165, 1.54) is 8.99 Å². The summed E-state index contributed by atoms with van der Waals surface area (Å²) in [7, 11) is -2.00. The molecule has 1 aromatic rings. The van der Waals surface area contributed by atoms with Crippen molar-refractivity contribution in [2.45, 2.75) is 30.8 Å². The Morgan fingerprint density at radius 1 is 1.58 bits per heavy atom. The van der Waals surface area contributed by atoms with Crippen LogP contribution in [-0.2, 0) is 17.1 Å². The smallest absolute Gasteiger partial charge is 0.263 e. The van der Waals surface area contributed by atoms with E-state index in [9.17, 15) is 8.42 Å². The summed E-state index contributed by atoms with van der Waals surface area (Å²) in [6.45, 7) is 3.71. The second kappa shape index (κ2) is 5.86. The minimum atomic E-state index is -3.57. The van der Waals surface area contributed by atoms with Gasteiger partial charge in [0.15, 0.2) is 4.60 Å². The predicted molar refractivity (Wildman–Crippen MR) is 74.2 cm³/mol. The largest absolute Gasteiger partial charge is 0.313 e. The Hall–Kier alpha value is -0.510. The molecule has 1 aliphatic heterocycles. The molecule has 9 heteroatoms. The van der Waals surface area contributed by atoms with Crippen LogP contribution >= 0.6 is 15.9 Å². The first-order valence-electron chi connectivity index (χ1n) is 6.25. The van der Waals surface area contributed by atoms with Crippen molar-refractivity contribution in [2.75, 3.05) is 19.6 Å². The minimum absolute atomic E-state index is 0.104. The normalized spacial score (nSPS) is 20.3. The lowest BCUT2D eigenvalue weighted by Gasteiger charge is -2.23. The summed E-state index contributed by atoms with van der Waals surface area (Å²) in [6.07, 6.45) is 2.11. The maximum Gasteiger partial charge on any atom is 0.263 e. The number of rotatable bonds is 5. The van der Waals surface area contributed by atoms with Gasteiger partial charge in [0.25, 0.3) is 10.0 Å². The topological polar surface area (TPSA) is 80.1 Å². The van der Waals surface area contributed by atoms with Crippen molar-refractivity contribution in [3.05, 3.63) is 4.60 Å². The molecule has 1 saturated heterocycles. The average Bonchev–Trinajstić information content (AvgIpc) is 2.96. The van der Waals surface area contributed by atoms with Crippen LogP contribution in [0.5, 0.6) is 0 Å². The Labute approximate surface area is 121 Å². The monoisotopic (exact) mass is 351 g/mol. The highest BCUT2D eigenvalue weighted by molar-refractivity contribution is 9.10. The highest BCUT2D eigenvalue weighted by Crippen LogP contribution is 2.22. The molecule has 0 bridgehead atoms. The lowest BCUT2D eigenvalue weighted by atomic mass is 10.2. The van der Waals surface area contributed by atoms with Gasteiger partial charge in [-0.1, -0.05) is 12.1 Å². The molecule has 0 spiro atoms. The van der Waals surface area contributed by atoms with Crippen LogP contribution in [0.3, 0.4) is 0 Å². The molecule has 19 heavy (non-hydrogen) atoms. The highest BCUT2D eigenvalue weighted by Gasteiger charge is 2.32. The molecule has 0 saturated carbocycles. The number of likely N-dealkylation sites (N-methyl/N-ethyl adjacent to an activating group) is 1. The maximum absolute atomic E-state index is 12.6. The van der Waals surface area contributed by atoms with Gasteiger partial charge in [-0.2, -0.15) is 4.31 Å². The molecule has 0 aliphatic carbocycles. The van der Waals surface area contributed by atoms with E-state index in [0.29, 0.717) is 13.1 Å². The zero-order valence-corrected chi connectivity index (χ0v) is 13.4. The Morgan fingerprint density at radius 2 is 2.32 bits per heavy atom. The SMILES string of the molecule is CCN(CC1CCCN1)S(=O)(=O)c1c(Br)nnn1C. The van der Waals surface area contributed by atoms with Gasteiger partial charge in [-0.25, -0.2) is 13.1 Å². The van der Waals surface area contributed by atoms with E-state index in [-0.39, 0.29) is 15.7 Å². The van der Waals surface area contributed by atoms with E-state index in [0.717, 1.165) is 19.4 Å². The number of aryl methyl sites for hydroxylation is 1. The summed E-state index contributed by atoms with van der Waals surface area (Å²) in [5, 5.41) is 10.9. The Kier molecular flexibility index (Phi) is 4.59. The first-order valence-corrected chi connectivity index (χ1v) is 8.48. The molecule has 0 aromatic carbocycles. The van der Waals surface area contributed by atoms with E-state index < -0.39 is 10.0 Å². The van der Waals surface area contributed by atoms with E-state index in [4.69, 9.17) is 0 Å². The van der Waals surface area contributed by atoms with Crippen LogP contribution in [0, 0.1) is 0 Å². The summed E-state index contributed by atoms with van der Waals surface area (Å²) in [6, 6.07) is 0.231. The lowest BCUT2D eigenvalue weighted by molar-refractivity contribution is 0.378. The molecule has 0 radical (unpaired) electrons. The Balaban J connectivity index is 2.25. The molecule has 1 atom stereocenters. The minimum Gasteiger partial charge on any atom is -0.313 e. The van der Waals surface area contributed by atoms with Crippen molar-refractivity contribution in [1.82, 2.24) is 24.6 Å². The van der Waals surface area contributed by atoms with Gasteiger partial charge in [0.1, 0.15) is 0 Å². The molecular weight excluding hydrogens is 334 g/mol. The van der Waals surface area contributed by atoms with Gasteiger partial charge >= 0.3 is 0 Å². The Bertz CT molecular complexity index is 519. The van der Waals surface area contributed by atoms with Gasteiger partial charge in [-0.05, 0) is 35.3 Å². The third kappa shape index (κ3) is 2.99. The third-order valence-electron chi connectivity index (χ3n) is 3.26. The first kappa shape index (κ1) is 14.9. The molecule has 1 aliphatic rings. The average molecular weight is 352 g/mol. The standard InChI is InChI=1S/C10H18BrN5O2S/c1-3-16(7-8-5-4-6-12-8)19(17,18)10-9(11)13-14-15(10)2/h8,12H,3-7H2,1-2H3. The van der Waals surface area contributed by atoms with Crippen molar-refractivity contribution < 1.29 is 8.42 Å². The Morgan fingerprint density at radius 3 is 2.79 bits per heavy atom. The first-order chi connectivity index (χ1) is 8.96. The fraction of sp³-hybridized carbons (Fsp3) is 0.800. The van der Waals surface area contributed by atoms with Crippen molar-refractivity contribution in [3.8, 4) is 0 Å². The second-order valence-electron chi connectivity index (χ2n) is 4.56. The van der Waals surface area contributed by atoms with Crippen molar-refractivity contribution >= 4 is 26.0 Å². The quantitative estimate of drug-likeness (QED) is 0.827. The zero-order chi connectivity index (χ0) is 14.0. The molecule has 2 heterocycles. The summed E-state index contributed by atoms with van der Waals surface area (Å²) >= 11 is 3.15. The number of aromatic nitrogens is 3. The number of sulfonamides is 1. The summed E-state index contributed by atoms with van der Waals surface area (Å²) in [5.41, 5.74) is 0. The van der Waals surface area contributed by atoms with Crippen molar-refractivity contribution in [2.24, 2.45) is 7.05 Å². The number of hydrogen-bond donors (Lipinski definition) is 1. The van der Waals surface area contributed by atoms with E-state index in [1.807, 2.05) is 6.92 Å². The van der Waals surface area contributed by atoms with Gasteiger partial charge in [-0.15, -0.1) is 5.10 Å². The second-order valence-corrected chi connectivity index (χ2v) is 7.16. The predicted octanol–water partition coefficient (Wildman–Crippen LogP) is 0.340. The van der Waals surface area contributed by atoms with Gasteiger partial charge in [0.05, 0.1) is 0 Å². The van der Waals surface area contributed by atoms with Crippen LogP contribution < -0.4 is 5.32 Å². The van der Waals surface area contributed by atoms with Gasteiger partial charge < -0.3 is 5.32 Å². The molecule has 0 amide bonds. The van der Waals surface area contributed by atoms with E-state index in [1.54, 1.807) is 7.05 Å². The van der Waals surface area contributed by atoms with Crippen LogP contribution in [0.2, 0.25) is 0 Å². The number of nitrogens with zero attached hydrogens (tertiary/aromatic N) is 4. The van der Waals surface area contributed by atoms with E-state index >= 15 is 0 Å². The van der Waals surface area contributed by atoms with E-state index in [2.05, 4.69) is 31.6 Å². The van der Waals surface area contributed by atoms with Crippen LogP contribution in [-0.4, -0.2) is 53.4 Å². The number of halogens is 1. The third-order valence-corrected chi connectivity index (χ3v) is 6.09. The zero-order valence-electron chi connectivity index (χ0n) is 11.0. The van der Waals surface area contributed by atoms with Crippen LogP contribution in [0.15, 0.2) is 9.63 Å². The molecule has 1 aromatic heterocycles. The summed E-state index contributed by atoms with van der Waals surface area (Å²) < 4.78 is 28.3. The van der Waals surface area contributed by atoms with Gasteiger partial charge in [-0.3, -0.25) is 0 Å². The van der Waals surface area contributed by atoms with Gasteiger partial charge in [0, 0.05) is 26.2 Å². The van der Waals surface area contributed by atoms with Crippen LogP contribution in [0.1, 0.15) is 19.8 Å². The molecular formula is C10H18BrN5O2S. The van der Waals surface area contributed by atoms with Crippen LogP contribution in [0.4, 0.5) is 0 Å². The molecule has 1 fully saturated rings.